The molecule has 4 heteroatoms. The highest BCUT2D eigenvalue weighted by molar-refractivity contribution is 6.30. The monoisotopic (exact) mass is 357 g/mol. The maximum absolute atomic E-state index is 12.6. The van der Waals surface area contributed by atoms with Crippen molar-refractivity contribution in [1.82, 2.24) is 0 Å². The lowest BCUT2D eigenvalue weighted by atomic mass is 9.92. The molecule has 0 saturated carbocycles. The smallest absolute Gasteiger partial charge is 0.265 e. The van der Waals surface area contributed by atoms with Crippen LogP contribution < -0.4 is 10.1 Å². The largest absolute Gasteiger partial charge is 0.481 e. The first-order chi connectivity index (χ1) is 12.1. The first-order valence-corrected chi connectivity index (χ1v) is 9.30. The van der Waals surface area contributed by atoms with Crippen molar-refractivity contribution in [2.75, 3.05) is 5.32 Å². The van der Waals surface area contributed by atoms with Gasteiger partial charge in [-0.05, 0) is 86.1 Å². The van der Waals surface area contributed by atoms with Gasteiger partial charge in [-0.1, -0.05) is 24.6 Å². The number of nitrogens with one attached hydrogen (secondary N) is 1. The molecule has 3 nitrogen and oxygen atoms in total. The average Bonchev–Trinajstić information content (AvgIpc) is 2.61. The van der Waals surface area contributed by atoms with Gasteiger partial charge in [0, 0.05) is 10.7 Å². The third-order valence-electron chi connectivity index (χ3n) is 4.71. The molecule has 25 heavy (non-hydrogen) atoms. The molecule has 132 valence electrons. The van der Waals surface area contributed by atoms with Crippen LogP contribution in [-0.4, -0.2) is 12.0 Å². The molecular weight excluding hydrogens is 334 g/mol. The van der Waals surface area contributed by atoms with E-state index in [9.17, 15) is 4.79 Å². The zero-order chi connectivity index (χ0) is 17.8. The van der Waals surface area contributed by atoms with Gasteiger partial charge in [0.05, 0.1) is 0 Å². The Morgan fingerprint density at radius 1 is 1.16 bits per heavy atom. The van der Waals surface area contributed by atoms with Crippen LogP contribution in [0.4, 0.5) is 5.69 Å². The first kappa shape index (κ1) is 17.8. The Hall–Kier alpha value is -2.00. The Morgan fingerprint density at radius 2 is 1.92 bits per heavy atom. The van der Waals surface area contributed by atoms with E-state index in [2.05, 4.69) is 17.4 Å². The second-order valence-electron chi connectivity index (χ2n) is 6.60. The Kier molecular flexibility index (Phi) is 5.64. The van der Waals surface area contributed by atoms with Crippen LogP contribution in [0.1, 0.15) is 42.9 Å². The summed E-state index contributed by atoms with van der Waals surface area (Å²) in [5, 5.41) is 3.61. The van der Waals surface area contributed by atoms with Crippen molar-refractivity contribution in [2.24, 2.45) is 0 Å². The first-order valence-electron chi connectivity index (χ1n) is 8.92. The molecule has 0 heterocycles. The van der Waals surface area contributed by atoms with Crippen molar-refractivity contribution < 1.29 is 9.53 Å². The number of hydrogen-bond acceptors (Lipinski definition) is 2. The lowest BCUT2D eigenvalue weighted by Gasteiger charge is -2.21. The fourth-order valence-electron chi connectivity index (χ4n) is 3.25. The molecule has 1 aliphatic rings. The van der Waals surface area contributed by atoms with E-state index in [1.807, 2.05) is 32.0 Å². The summed E-state index contributed by atoms with van der Waals surface area (Å²) in [5.41, 5.74) is 4.46. The number of benzene rings is 2. The molecule has 1 N–H and O–H groups in total. The molecule has 0 aromatic heterocycles. The lowest BCUT2D eigenvalue weighted by molar-refractivity contribution is -0.122. The van der Waals surface area contributed by atoms with Crippen LogP contribution in [-0.2, 0) is 17.6 Å². The molecule has 3 rings (SSSR count). The van der Waals surface area contributed by atoms with E-state index < -0.39 is 6.10 Å². The maximum atomic E-state index is 12.6. The van der Waals surface area contributed by atoms with Gasteiger partial charge >= 0.3 is 0 Å². The van der Waals surface area contributed by atoms with E-state index in [4.69, 9.17) is 16.3 Å². The van der Waals surface area contributed by atoms with E-state index in [1.54, 1.807) is 6.07 Å². The summed E-state index contributed by atoms with van der Waals surface area (Å²) in [7, 11) is 0. The minimum Gasteiger partial charge on any atom is -0.481 e. The maximum Gasteiger partial charge on any atom is 0.265 e. The van der Waals surface area contributed by atoms with E-state index in [0.717, 1.165) is 29.8 Å². The number of halogens is 1. The molecule has 1 aliphatic carbocycles. The zero-order valence-electron chi connectivity index (χ0n) is 14.8. The van der Waals surface area contributed by atoms with E-state index in [-0.39, 0.29) is 5.91 Å². The van der Waals surface area contributed by atoms with E-state index in [0.29, 0.717) is 11.4 Å². The van der Waals surface area contributed by atoms with Gasteiger partial charge in [-0.3, -0.25) is 4.79 Å². The standard InChI is InChI=1S/C21H24ClNO2/c1-3-20(21(24)23-19-11-9-17(22)12-14(19)2)25-18-10-8-15-6-4-5-7-16(15)13-18/h8-13,20H,3-7H2,1-2H3,(H,23,24). The van der Waals surface area contributed by atoms with Crippen LogP contribution in [0.25, 0.3) is 0 Å². The summed E-state index contributed by atoms with van der Waals surface area (Å²) in [6, 6.07) is 11.6. The molecule has 0 saturated heterocycles. The van der Waals surface area contributed by atoms with Gasteiger partial charge < -0.3 is 10.1 Å². The van der Waals surface area contributed by atoms with Crippen LogP contribution in [0.5, 0.6) is 5.75 Å². The topological polar surface area (TPSA) is 38.3 Å². The summed E-state index contributed by atoms with van der Waals surface area (Å²) in [6.45, 7) is 3.88. The molecule has 0 fully saturated rings. The molecular formula is C21H24ClNO2. The molecule has 2 aromatic rings. The second kappa shape index (κ2) is 7.92. The van der Waals surface area contributed by atoms with Gasteiger partial charge in [-0.2, -0.15) is 0 Å². The Bertz CT molecular complexity index is 772. The molecule has 0 radical (unpaired) electrons. The fraction of sp³-hybridized carbons (Fsp3) is 0.381. The summed E-state index contributed by atoms with van der Waals surface area (Å²) in [5.74, 6) is 0.640. The normalized spacial score (nSPS) is 14.5. The van der Waals surface area contributed by atoms with Crippen LogP contribution in [0.2, 0.25) is 5.02 Å². The number of carbonyl (C=O) groups excluding carboxylic acids is 1. The number of carbonyl (C=O) groups is 1. The summed E-state index contributed by atoms with van der Waals surface area (Å²) in [4.78, 5) is 12.6. The number of fused-ring (bicyclic) bond motifs is 1. The Balaban J connectivity index is 1.70. The van der Waals surface area contributed by atoms with Crippen molar-refractivity contribution in [3.05, 3.63) is 58.1 Å². The predicted octanol–water partition coefficient (Wildman–Crippen LogP) is 5.32. The number of rotatable bonds is 5. The summed E-state index contributed by atoms with van der Waals surface area (Å²) in [6.07, 6.45) is 4.81. The van der Waals surface area contributed by atoms with E-state index >= 15 is 0 Å². The Morgan fingerprint density at radius 3 is 2.64 bits per heavy atom. The fourth-order valence-corrected chi connectivity index (χ4v) is 3.48. The van der Waals surface area contributed by atoms with Gasteiger partial charge in [-0.15, -0.1) is 0 Å². The number of ether oxygens (including phenoxy) is 1. The number of aryl methyl sites for hydroxylation is 3. The van der Waals surface area contributed by atoms with Gasteiger partial charge in [0.25, 0.3) is 5.91 Å². The van der Waals surface area contributed by atoms with Crippen molar-refractivity contribution in [2.45, 2.75) is 52.1 Å². The number of amides is 1. The lowest BCUT2D eigenvalue weighted by Crippen LogP contribution is -2.32. The van der Waals surface area contributed by atoms with Gasteiger partial charge in [-0.25, -0.2) is 0 Å². The minimum atomic E-state index is -0.517. The van der Waals surface area contributed by atoms with Crippen molar-refractivity contribution in [3.63, 3.8) is 0 Å². The minimum absolute atomic E-state index is 0.134. The molecule has 1 amide bonds. The average molecular weight is 358 g/mol. The summed E-state index contributed by atoms with van der Waals surface area (Å²) >= 11 is 5.97. The number of anilines is 1. The highest BCUT2D eigenvalue weighted by atomic mass is 35.5. The van der Waals surface area contributed by atoms with Gasteiger partial charge in [0.2, 0.25) is 0 Å². The van der Waals surface area contributed by atoms with Crippen molar-refractivity contribution in [1.29, 1.82) is 0 Å². The SMILES string of the molecule is CCC(Oc1ccc2c(c1)CCCC2)C(=O)Nc1ccc(Cl)cc1C. The highest BCUT2D eigenvalue weighted by Crippen LogP contribution is 2.26. The quantitative estimate of drug-likeness (QED) is 0.786. The van der Waals surface area contributed by atoms with Crippen molar-refractivity contribution >= 4 is 23.2 Å². The molecule has 1 unspecified atom stereocenters. The van der Waals surface area contributed by atoms with Crippen molar-refractivity contribution in [3.8, 4) is 5.75 Å². The third kappa shape index (κ3) is 4.35. The molecule has 0 aliphatic heterocycles. The summed E-state index contributed by atoms with van der Waals surface area (Å²) < 4.78 is 5.99. The predicted molar refractivity (Wildman–Crippen MR) is 103 cm³/mol. The van der Waals surface area contributed by atoms with Crippen LogP contribution in [0.15, 0.2) is 36.4 Å². The molecule has 2 aromatic carbocycles. The van der Waals surface area contributed by atoms with Gasteiger partial charge in [0.1, 0.15) is 5.75 Å². The molecule has 0 spiro atoms. The second-order valence-corrected chi connectivity index (χ2v) is 7.04. The van der Waals surface area contributed by atoms with Crippen LogP contribution in [0, 0.1) is 6.92 Å². The van der Waals surface area contributed by atoms with Crippen LogP contribution >= 0.6 is 11.6 Å². The third-order valence-corrected chi connectivity index (χ3v) is 4.94. The molecule has 1 atom stereocenters. The molecule has 0 bridgehead atoms. The van der Waals surface area contributed by atoms with Crippen LogP contribution in [0.3, 0.4) is 0 Å². The zero-order valence-corrected chi connectivity index (χ0v) is 15.5. The van der Waals surface area contributed by atoms with E-state index in [1.165, 1.54) is 24.0 Å². The Labute approximate surface area is 154 Å². The number of hydrogen-bond donors (Lipinski definition) is 1. The van der Waals surface area contributed by atoms with Gasteiger partial charge in [0.15, 0.2) is 6.10 Å². The highest BCUT2D eigenvalue weighted by Gasteiger charge is 2.20.